The molecule has 0 bridgehead atoms. The van der Waals surface area contributed by atoms with Gasteiger partial charge in [0.05, 0.1) is 19.8 Å². The van der Waals surface area contributed by atoms with Crippen LogP contribution in [0.25, 0.3) is 0 Å². The minimum absolute atomic E-state index is 0.0101. The molecule has 0 amide bonds. The number of esters is 1. The first kappa shape index (κ1) is 14.8. The lowest BCUT2D eigenvalue weighted by atomic mass is 9.96. The summed E-state index contributed by atoms with van der Waals surface area (Å²) in [7, 11) is -2.43. The van der Waals surface area contributed by atoms with Gasteiger partial charge in [-0.15, -0.1) is 0 Å². The number of carbonyl (C=O) groups excluding carboxylic acids is 1. The van der Waals surface area contributed by atoms with Crippen LogP contribution < -0.4 is 5.32 Å². The van der Waals surface area contributed by atoms with Crippen LogP contribution in [-0.4, -0.2) is 39.4 Å². The summed E-state index contributed by atoms with van der Waals surface area (Å²) in [6.07, 6.45) is 0. The minimum atomic E-state index is -3.71. The summed E-state index contributed by atoms with van der Waals surface area (Å²) in [6, 6.07) is 5.62. The molecule has 2 saturated heterocycles. The van der Waals surface area contributed by atoms with E-state index >= 15 is 0 Å². The van der Waals surface area contributed by atoms with Gasteiger partial charge in [-0.05, 0) is 17.7 Å². The van der Waals surface area contributed by atoms with E-state index in [-0.39, 0.29) is 6.61 Å². The molecule has 0 radical (unpaired) electrons. The van der Waals surface area contributed by atoms with Crippen molar-refractivity contribution in [3.8, 4) is 0 Å². The van der Waals surface area contributed by atoms with Crippen molar-refractivity contribution in [3.05, 3.63) is 34.9 Å². The Morgan fingerprint density at radius 1 is 1.38 bits per heavy atom. The van der Waals surface area contributed by atoms with Crippen molar-refractivity contribution in [2.45, 2.75) is 17.3 Å². The third-order valence-corrected chi connectivity index (χ3v) is 5.99. The first-order valence-electron chi connectivity index (χ1n) is 6.41. The highest BCUT2D eigenvalue weighted by atomic mass is 35.5. The number of nitrogens with one attached hydrogen (secondary N) is 1. The van der Waals surface area contributed by atoms with Crippen molar-refractivity contribution in [2.75, 3.05) is 13.7 Å². The third-order valence-electron chi connectivity index (χ3n) is 3.98. The second-order valence-corrected chi connectivity index (χ2v) is 7.30. The maximum Gasteiger partial charge on any atom is 0.323 e. The Balaban J connectivity index is 2.00. The highest BCUT2D eigenvalue weighted by Crippen LogP contribution is 2.42. The number of ether oxygens (including phenoxy) is 1. The Morgan fingerprint density at radius 3 is 2.67 bits per heavy atom. The van der Waals surface area contributed by atoms with E-state index < -0.39 is 39.3 Å². The number of methoxy groups -OCH3 is 1. The van der Waals surface area contributed by atoms with Gasteiger partial charge in [0.15, 0.2) is 0 Å². The van der Waals surface area contributed by atoms with Crippen molar-refractivity contribution >= 4 is 27.7 Å². The number of fused-ring (bicyclic) bond motifs is 1. The van der Waals surface area contributed by atoms with Crippen LogP contribution in [0, 0.1) is 5.92 Å². The fraction of sp³-hybridized carbons (Fsp3) is 0.462. The highest BCUT2D eigenvalue weighted by molar-refractivity contribution is 7.87. The first-order valence-corrected chi connectivity index (χ1v) is 8.26. The molecule has 0 unspecified atom stereocenters. The van der Waals surface area contributed by atoms with Crippen molar-refractivity contribution in [1.82, 2.24) is 5.32 Å². The number of hydrogen-bond acceptors (Lipinski definition) is 6. The highest BCUT2D eigenvalue weighted by Gasteiger charge is 2.57. The van der Waals surface area contributed by atoms with Crippen LogP contribution >= 0.6 is 11.6 Å². The summed E-state index contributed by atoms with van der Waals surface area (Å²) < 4.78 is 33.9. The van der Waals surface area contributed by atoms with Crippen LogP contribution in [0.2, 0.25) is 5.02 Å². The molecular formula is C13H14ClNO5S. The molecule has 1 aromatic rings. The normalized spacial score (nSPS) is 33.6. The SMILES string of the molecule is COC(=O)[C@H]1N[C@@H](c2ccc(Cl)cc2)[C@H]2[C@@H]1COS2(=O)=O. The number of carbonyl (C=O) groups is 1. The van der Waals surface area contributed by atoms with Crippen molar-refractivity contribution in [3.63, 3.8) is 0 Å². The van der Waals surface area contributed by atoms with E-state index in [2.05, 4.69) is 5.32 Å². The zero-order chi connectivity index (χ0) is 15.2. The quantitative estimate of drug-likeness (QED) is 0.639. The van der Waals surface area contributed by atoms with Crippen LogP contribution in [0.5, 0.6) is 0 Å². The van der Waals surface area contributed by atoms with Gasteiger partial charge in [-0.1, -0.05) is 23.7 Å². The predicted octanol–water partition coefficient (Wildman–Crippen LogP) is 0.871. The summed E-state index contributed by atoms with van der Waals surface area (Å²) in [4.78, 5) is 11.8. The monoisotopic (exact) mass is 331 g/mol. The topological polar surface area (TPSA) is 81.7 Å². The molecule has 114 valence electrons. The predicted molar refractivity (Wildman–Crippen MR) is 75.3 cm³/mol. The summed E-state index contributed by atoms with van der Waals surface area (Å²) in [5.74, 6) is -0.940. The van der Waals surface area contributed by atoms with Crippen LogP contribution in [0.4, 0.5) is 0 Å². The number of benzene rings is 1. The van der Waals surface area contributed by atoms with E-state index in [9.17, 15) is 13.2 Å². The molecule has 2 aliphatic rings. The molecule has 0 spiro atoms. The Bertz CT molecular complexity index is 660. The Hall–Kier alpha value is -1.15. The van der Waals surface area contributed by atoms with Gasteiger partial charge in [0.1, 0.15) is 11.3 Å². The summed E-state index contributed by atoms with van der Waals surface area (Å²) in [6.45, 7) is -0.0101. The van der Waals surface area contributed by atoms with E-state index in [1.54, 1.807) is 24.3 Å². The molecule has 0 aromatic heterocycles. The molecule has 4 atom stereocenters. The standard InChI is InChI=1S/C13H14ClNO5S/c1-19-13(16)11-9-6-20-21(17,18)12(9)10(15-11)7-2-4-8(14)5-3-7/h2-5,9-12,15H,6H2,1H3/t9-,10+,11+,12-/m1/s1. The van der Waals surface area contributed by atoms with E-state index in [0.29, 0.717) is 5.02 Å². The van der Waals surface area contributed by atoms with Crippen molar-refractivity contribution in [1.29, 1.82) is 0 Å². The second-order valence-electron chi connectivity index (χ2n) is 5.10. The van der Waals surface area contributed by atoms with Gasteiger partial charge < -0.3 is 4.74 Å². The fourth-order valence-corrected chi connectivity index (χ4v) is 4.86. The average Bonchev–Trinajstić information content (AvgIpc) is 2.98. The van der Waals surface area contributed by atoms with E-state index in [1.807, 2.05) is 0 Å². The Labute approximate surface area is 127 Å². The molecule has 1 N–H and O–H groups in total. The molecule has 0 saturated carbocycles. The van der Waals surface area contributed by atoms with E-state index in [0.717, 1.165) is 5.56 Å². The number of halogens is 1. The summed E-state index contributed by atoms with van der Waals surface area (Å²) >= 11 is 5.85. The van der Waals surface area contributed by atoms with E-state index in [1.165, 1.54) is 7.11 Å². The van der Waals surface area contributed by atoms with Gasteiger partial charge in [-0.3, -0.25) is 14.3 Å². The van der Waals surface area contributed by atoms with Gasteiger partial charge in [0, 0.05) is 10.9 Å². The molecule has 2 fully saturated rings. The third kappa shape index (κ3) is 2.44. The zero-order valence-corrected chi connectivity index (χ0v) is 12.7. The number of hydrogen-bond donors (Lipinski definition) is 1. The first-order chi connectivity index (χ1) is 9.94. The number of rotatable bonds is 2. The van der Waals surface area contributed by atoms with E-state index in [4.69, 9.17) is 20.5 Å². The fourth-order valence-electron chi connectivity index (χ4n) is 3.00. The smallest absolute Gasteiger partial charge is 0.323 e. The second kappa shape index (κ2) is 5.24. The lowest BCUT2D eigenvalue weighted by molar-refractivity contribution is -0.144. The molecule has 3 rings (SSSR count). The van der Waals surface area contributed by atoms with Gasteiger partial charge in [0.25, 0.3) is 10.1 Å². The largest absolute Gasteiger partial charge is 0.468 e. The molecule has 8 heteroatoms. The summed E-state index contributed by atoms with van der Waals surface area (Å²) in [5, 5.41) is 2.81. The maximum absolute atomic E-state index is 12.1. The van der Waals surface area contributed by atoms with Crippen LogP contribution in [-0.2, 0) is 23.8 Å². The Morgan fingerprint density at radius 2 is 2.05 bits per heavy atom. The molecule has 6 nitrogen and oxygen atoms in total. The lowest BCUT2D eigenvalue weighted by Gasteiger charge is -2.17. The molecule has 0 aliphatic carbocycles. The average molecular weight is 332 g/mol. The minimum Gasteiger partial charge on any atom is -0.468 e. The van der Waals surface area contributed by atoms with Crippen LogP contribution in [0.1, 0.15) is 11.6 Å². The molecular weight excluding hydrogens is 318 g/mol. The van der Waals surface area contributed by atoms with Gasteiger partial charge in [0.2, 0.25) is 0 Å². The molecule has 2 heterocycles. The zero-order valence-electron chi connectivity index (χ0n) is 11.2. The maximum atomic E-state index is 12.1. The molecule has 2 aliphatic heterocycles. The van der Waals surface area contributed by atoms with Gasteiger partial charge >= 0.3 is 5.97 Å². The molecule has 21 heavy (non-hydrogen) atoms. The Kier molecular flexibility index (Phi) is 3.69. The molecule has 1 aromatic carbocycles. The van der Waals surface area contributed by atoms with Crippen molar-refractivity contribution in [2.24, 2.45) is 5.92 Å². The van der Waals surface area contributed by atoms with Crippen molar-refractivity contribution < 1.29 is 22.1 Å². The summed E-state index contributed by atoms with van der Waals surface area (Å²) in [5.41, 5.74) is 0.745. The van der Waals surface area contributed by atoms with Gasteiger partial charge in [-0.2, -0.15) is 8.42 Å². The van der Waals surface area contributed by atoms with Crippen LogP contribution in [0.15, 0.2) is 24.3 Å². The van der Waals surface area contributed by atoms with Gasteiger partial charge in [-0.25, -0.2) is 0 Å². The lowest BCUT2D eigenvalue weighted by Crippen LogP contribution is -2.38. The van der Waals surface area contributed by atoms with Crippen LogP contribution in [0.3, 0.4) is 0 Å².